The Kier molecular flexibility index (Phi) is 1.28. The molecular weight excluding hydrogens is 132 g/mol. The number of hydrogen-bond donors (Lipinski definition) is 0. The summed E-state index contributed by atoms with van der Waals surface area (Å²) in [5.74, 6) is 0. The first-order chi connectivity index (χ1) is 5.29. The van der Waals surface area contributed by atoms with Crippen molar-refractivity contribution < 1.29 is 0 Å². The topological polar surface area (TPSA) is 0 Å². The van der Waals surface area contributed by atoms with Crippen LogP contribution in [-0.4, -0.2) is 0 Å². The van der Waals surface area contributed by atoms with Crippen molar-refractivity contribution in [2.75, 3.05) is 0 Å². The van der Waals surface area contributed by atoms with Crippen molar-refractivity contribution in [2.24, 2.45) is 0 Å². The zero-order valence-corrected chi connectivity index (χ0v) is 6.89. The molecule has 0 nitrogen and oxygen atoms in total. The second kappa shape index (κ2) is 2.16. The molecule has 0 saturated carbocycles. The SMILES string of the molecule is Cc1ccc(C)c2[cH-]ccc12. The number of rotatable bonds is 0. The maximum atomic E-state index is 2.18. The van der Waals surface area contributed by atoms with E-state index in [2.05, 4.69) is 44.2 Å². The molecule has 0 bridgehead atoms. The van der Waals surface area contributed by atoms with Gasteiger partial charge in [0.05, 0.1) is 0 Å². The summed E-state index contributed by atoms with van der Waals surface area (Å²) in [6, 6.07) is 10.8. The number of aryl methyl sites for hydroxylation is 2. The van der Waals surface area contributed by atoms with Crippen LogP contribution in [0.15, 0.2) is 30.3 Å². The number of benzene rings is 1. The lowest BCUT2D eigenvalue weighted by molar-refractivity contribution is 1.48. The molecule has 2 aromatic carbocycles. The van der Waals surface area contributed by atoms with E-state index in [0.717, 1.165) is 0 Å². The molecule has 0 aliphatic carbocycles. The Balaban J connectivity index is 2.96. The van der Waals surface area contributed by atoms with Gasteiger partial charge >= 0.3 is 0 Å². The maximum absolute atomic E-state index is 2.18. The summed E-state index contributed by atoms with van der Waals surface area (Å²) >= 11 is 0. The molecule has 0 radical (unpaired) electrons. The van der Waals surface area contributed by atoms with Crippen molar-refractivity contribution in [3.8, 4) is 0 Å². The van der Waals surface area contributed by atoms with E-state index < -0.39 is 0 Å². The van der Waals surface area contributed by atoms with Gasteiger partial charge in [0.25, 0.3) is 0 Å². The molecule has 56 valence electrons. The third-order valence-electron chi connectivity index (χ3n) is 2.25. The van der Waals surface area contributed by atoms with E-state index in [1.807, 2.05) is 0 Å². The van der Waals surface area contributed by atoms with Crippen molar-refractivity contribution in [2.45, 2.75) is 13.8 Å². The summed E-state index contributed by atoms with van der Waals surface area (Å²) in [4.78, 5) is 0. The molecule has 0 saturated heterocycles. The second-order valence-corrected chi connectivity index (χ2v) is 3.05. The van der Waals surface area contributed by atoms with E-state index in [0.29, 0.717) is 0 Å². The fourth-order valence-electron chi connectivity index (χ4n) is 1.54. The molecule has 0 amide bonds. The van der Waals surface area contributed by atoms with E-state index in [1.54, 1.807) is 0 Å². The van der Waals surface area contributed by atoms with Crippen LogP contribution in [0.4, 0.5) is 0 Å². The highest BCUT2D eigenvalue weighted by Gasteiger charge is 1.89. The number of fused-ring (bicyclic) bond motifs is 1. The van der Waals surface area contributed by atoms with Gasteiger partial charge in [-0.05, 0) is 6.92 Å². The predicted molar refractivity (Wildman–Crippen MR) is 49.0 cm³/mol. The highest BCUT2D eigenvalue weighted by molar-refractivity contribution is 5.89. The van der Waals surface area contributed by atoms with Gasteiger partial charge in [0.2, 0.25) is 0 Å². The van der Waals surface area contributed by atoms with E-state index >= 15 is 0 Å². The first kappa shape index (κ1) is 6.53. The predicted octanol–water partition coefficient (Wildman–Crippen LogP) is 3.18. The van der Waals surface area contributed by atoms with Gasteiger partial charge < -0.3 is 0 Å². The maximum Gasteiger partial charge on any atom is -0.0488 e. The average Bonchev–Trinajstić information content (AvgIpc) is 2.45. The van der Waals surface area contributed by atoms with Crippen LogP contribution < -0.4 is 0 Å². The largest absolute Gasteiger partial charge is 0.168 e. The Morgan fingerprint density at radius 1 is 1.00 bits per heavy atom. The van der Waals surface area contributed by atoms with Crippen molar-refractivity contribution in [1.29, 1.82) is 0 Å². The van der Waals surface area contributed by atoms with Gasteiger partial charge in [0.1, 0.15) is 0 Å². The molecule has 0 N–H and O–H groups in total. The minimum Gasteiger partial charge on any atom is -0.168 e. The zero-order valence-electron chi connectivity index (χ0n) is 6.89. The highest BCUT2D eigenvalue weighted by Crippen LogP contribution is 2.22. The van der Waals surface area contributed by atoms with Crippen LogP contribution in [0.1, 0.15) is 11.1 Å². The summed E-state index contributed by atoms with van der Waals surface area (Å²) in [5.41, 5.74) is 2.74. The molecule has 0 unspecified atom stereocenters. The van der Waals surface area contributed by atoms with Crippen LogP contribution in [0, 0.1) is 13.8 Å². The van der Waals surface area contributed by atoms with Gasteiger partial charge in [-0.15, -0.1) is 28.5 Å². The summed E-state index contributed by atoms with van der Waals surface area (Å²) in [6.45, 7) is 4.31. The normalized spacial score (nSPS) is 10.7. The summed E-state index contributed by atoms with van der Waals surface area (Å²) in [6.07, 6.45) is 0. The molecule has 0 aromatic heterocycles. The van der Waals surface area contributed by atoms with Crippen LogP contribution >= 0.6 is 0 Å². The van der Waals surface area contributed by atoms with Gasteiger partial charge in [-0.2, -0.15) is 12.1 Å². The average molecular weight is 143 g/mol. The lowest BCUT2D eigenvalue weighted by Gasteiger charge is -2.06. The van der Waals surface area contributed by atoms with Gasteiger partial charge in [-0.3, -0.25) is 0 Å². The molecular formula is C11H11-. The summed E-state index contributed by atoms with van der Waals surface area (Å²) in [7, 11) is 0. The van der Waals surface area contributed by atoms with Crippen LogP contribution in [0.3, 0.4) is 0 Å². The quantitative estimate of drug-likeness (QED) is 0.497. The van der Waals surface area contributed by atoms with Gasteiger partial charge in [0, 0.05) is 0 Å². The van der Waals surface area contributed by atoms with Crippen molar-refractivity contribution in [3.05, 3.63) is 41.5 Å². The molecule has 0 spiro atoms. The smallest absolute Gasteiger partial charge is 0.0488 e. The minimum absolute atomic E-state index is 1.37. The molecule has 0 heterocycles. The molecule has 2 aromatic rings. The van der Waals surface area contributed by atoms with Crippen LogP contribution in [0.25, 0.3) is 10.8 Å². The molecule has 0 aliphatic rings. The van der Waals surface area contributed by atoms with E-state index in [1.165, 1.54) is 21.9 Å². The Morgan fingerprint density at radius 3 is 2.45 bits per heavy atom. The molecule has 0 atom stereocenters. The van der Waals surface area contributed by atoms with Crippen molar-refractivity contribution >= 4 is 10.8 Å². The third-order valence-corrected chi connectivity index (χ3v) is 2.25. The number of hydrogen-bond acceptors (Lipinski definition) is 0. The lowest BCUT2D eigenvalue weighted by atomic mass is 10.1. The van der Waals surface area contributed by atoms with E-state index in [-0.39, 0.29) is 0 Å². The fourth-order valence-corrected chi connectivity index (χ4v) is 1.54. The minimum atomic E-state index is 1.37. The van der Waals surface area contributed by atoms with Crippen molar-refractivity contribution in [3.63, 3.8) is 0 Å². The Morgan fingerprint density at radius 2 is 1.73 bits per heavy atom. The van der Waals surface area contributed by atoms with E-state index in [9.17, 15) is 0 Å². The standard InChI is InChI=1S/C11H11/c1-8-6-7-9(2)11-5-3-4-10(8)11/h3-7H,1-2H3/q-1. The van der Waals surface area contributed by atoms with Crippen LogP contribution in [0.2, 0.25) is 0 Å². The van der Waals surface area contributed by atoms with Crippen LogP contribution in [0.5, 0.6) is 0 Å². The second-order valence-electron chi connectivity index (χ2n) is 3.05. The lowest BCUT2D eigenvalue weighted by Crippen LogP contribution is -1.76. The molecule has 0 aliphatic heterocycles. The Labute approximate surface area is 66.8 Å². The first-order valence-electron chi connectivity index (χ1n) is 3.90. The van der Waals surface area contributed by atoms with Crippen LogP contribution in [-0.2, 0) is 0 Å². The first-order valence-corrected chi connectivity index (χ1v) is 3.90. The Hall–Kier alpha value is -1.17. The molecule has 0 fully saturated rings. The van der Waals surface area contributed by atoms with Crippen molar-refractivity contribution in [1.82, 2.24) is 0 Å². The molecule has 0 heteroatoms. The van der Waals surface area contributed by atoms with Gasteiger partial charge in [-0.25, -0.2) is 0 Å². The summed E-state index contributed by atoms with van der Waals surface area (Å²) in [5, 5.41) is 2.79. The monoisotopic (exact) mass is 143 g/mol. The van der Waals surface area contributed by atoms with E-state index in [4.69, 9.17) is 0 Å². The molecule has 2 rings (SSSR count). The summed E-state index contributed by atoms with van der Waals surface area (Å²) < 4.78 is 0. The Bertz CT molecular complexity index is 344. The van der Waals surface area contributed by atoms with Gasteiger partial charge in [0.15, 0.2) is 0 Å². The molecule has 11 heavy (non-hydrogen) atoms. The van der Waals surface area contributed by atoms with Gasteiger partial charge in [-0.1, -0.05) is 18.6 Å². The highest BCUT2D eigenvalue weighted by atomic mass is 14.0. The fraction of sp³-hybridized carbons (Fsp3) is 0.182. The third kappa shape index (κ3) is 0.864. The zero-order chi connectivity index (χ0) is 7.84.